The molecule has 0 N–H and O–H groups in total. The van der Waals surface area contributed by atoms with Gasteiger partial charge in [0.1, 0.15) is 18.0 Å². The number of benzene rings is 1. The van der Waals surface area contributed by atoms with E-state index in [0.717, 1.165) is 18.4 Å². The molecular weight excluding hydrogens is 362 g/mol. The van der Waals surface area contributed by atoms with E-state index in [0.29, 0.717) is 11.7 Å². The molecule has 2 atom stereocenters. The van der Waals surface area contributed by atoms with E-state index in [1.54, 1.807) is 28.2 Å². The van der Waals surface area contributed by atoms with Crippen LogP contribution in [-0.4, -0.2) is 43.9 Å². The molecule has 1 aliphatic rings. The lowest BCUT2D eigenvalue weighted by Crippen LogP contribution is -2.43. The summed E-state index contributed by atoms with van der Waals surface area (Å²) in [7, 11) is 0. The van der Waals surface area contributed by atoms with Crippen LogP contribution in [0.1, 0.15) is 45.3 Å². The molecule has 6 nitrogen and oxygen atoms in total. The predicted molar refractivity (Wildman–Crippen MR) is 106 cm³/mol. The fourth-order valence-electron chi connectivity index (χ4n) is 3.20. The first kappa shape index (κ1) is 19.4. The molecule has 0 bridgehead atoms. The molecular formula is C20H25N3O3S. The third-order valence-electron chi connectivity index (χ3n) is 4.35. The van der Waals surface area contributed by atoms with Crippen molar-refractivity contribution < 1.29 is 14.3 Å². The van der Waals surface area contributed by atoms with Crippen LogP contribution >= 0.6 is 12.2 Å². The first-order chi connectivity index (χ1) is 12.8. The first-order valence-electron chi connectivity index (χ1n) is 9.09. The third kappa shape index (κ3) is 4.86. The molecule has 2 heterocycles. The summed E-state index contributed by atoms with van der Waals surface area (Å²) in [4.78, 5) is 18.5. The molecule has 1 aliphatic heterocycles. The number of carbonyl (C=O) groups is 1. The van der Waals surface area contributed by atoms with Crippen LogP contribution < -0.4 is 0 Å². The molecule has 7 heteroatoms. The van der Waals surface area contributed by atoms with Crippen molar-refractivity contribution in [3.63, 3.8) is 0 Å². The quantitative estimate of drug-likeness (QED) is 0.740. The van der Waals surface area contributed by atoms with Gasteiger partial charge < -0.3 is 14.4 Å². The lowest BCUT2D eigenvalue weighted by atomic mass is 10.0. The van der Waals surface area contributed by atoms with Gasteiger partial charge in [0.2, 0.25) is 0 Å². The van der Waals surface area contributed by atoms with Gasteiger partial charge in [-0.3, -0.25) is 4.57 Å². The van der Waals surface area contributed by atoms with E-state index in [1.807, 2.05) is 51.1 Å². The molecule has 1 fully saturated rings. The van der Waals surface area contributed by atoms with Crippen LogP contribution in [0.5, 0.6) is 0 Å². The third-order valence-corrected chi connectivity index (χ3v) is 4.65. The van der Waals surface area contributed by atoms with Crippen LogP contribution in [0, 0.1) is 0 Å². The zero-order valence-electron chi connectivity index (χ0n) is 15.9. The van der Waals surface area contributed by atoms with Gasteiger partial charge in [-0.15, -0.1) is 0 Å². The number of thiocarbonyl (C=S) groups is 1. The molecule has 1 saturated heterocycles. The first-order valence-corrected chi connectivity index (χ1v) is 9.49. The van der Waals surface area contributed by atoms with E-state index < -0.39 is 5.60 Å². The maximum absolute atomic E-state index is 12.7. The summed E-state index contributed by atoms with van der Waals surface area (Å²) in [6.07, 6.45) is 6.02. The van der Waals surface area contributed by atoms with Gasteiger partial charge in [0.05, 0.1) is 6.04 Å². The van der Waals surface area contributed by atoms with Gasteiger partial charge in [0.25, 0.3) is 5.17 Å². The van der Waals surface area contributed by atoms with Crippen LogP contribution in [-0.2, 0) is 9.47 Å². The van der Waals surface area contributed by atoms with Gasteiger partial charge >= 0.3 is 6.09 Å². The second-order valence-electron chi connectivity index (χ2n) is 7.57. The van der Waals surface area contributed by atoms with E-state index >= 15 is 0 Å². The molecule has 1 unspecified atom stereocenters. The van der Waals surface area contributed by atoms with Crippen molar-refractivity contribution in [3.05, 3.63) is 54.6 Å². The molecule has 0 saturated carbocycles. The number of hydrogen-bond donors (Lipinski definition) is 0. The summed E-state index contributed by atoms with van der Waals surface area (Å²) in [5.74, 6) is 0. The smallest absolute Gasteiger partial charge is 0.410 e. The maximum atomic E-state index is 12.7. The predicted octanol–water partition coefficient (Wildman–Crippen LogP) is 4.17. The summed E-state index contributed by atoms with van der Waals surface area (Å²) in [6.45, 7) is 6.25. The largest absolute Gasteiger partial charge is 0.460 e. The number of rotatable bonds is 3. The number of imidazole rings is 1. The second kappa shape index (κ2) is 8.08. The fraction of sp³-hybridized carbons (Fsp3) is 0.450. The van der Waals surface area contributed by atoms with Gasteiger partial charge in [-0.1, -0.05) is 30.3 Å². The number of carbonyl (C=O) groups excluding carboxylic acids is 1. The van der Waals surface area contributed by atoms with Crippen molar-refractivity contribution >= 4 is 23.5 Å². The molecule has 27 heavy (non-hydrogen) atoms. The van der Waals surface area contributed by atoms with E-state index in [9.17, 15) is 4.79 Å². The molecule has 1 aromatic carbocycles. The highest BCUT2D eigenvalue weighted by Gasteiger charge is 2.39. The molecule has 0 aliphatic carbocycles. The Morgan fingerprint density at radius 3 is 2.67 bits per heavy atom. The number of ether oxygens (including phenoxy) is 2. The van der Waals surface area contributed by atoms with Crippen LogP contribution in [0.25, 0.3) is 0 Å². The van der Waals surface area contributed by atoms with Gasteiger partial charge in [-0.2, -0.15) is 0 Å². The van der Waals surface area contributed by atoms with Crippen molar-refractivity contribution in [2.24, 2.45) is 0 Å². The van der Waals surface area contributed by atoms with Crippen LogP contribution in [0.4, 0.5) is 4.79 Å². The summed E-state index contributed by atoms with van der Waals surface area (Å²) in [6, 6.07) is 9.70. The standard InChI is InChI=1S/C20H25N3O3S/c1-20(2,3)26-18(24)23-12-7-10-16(23)17(15-8-5-4-6-9-15)25-19(27)22-13-11-21-14-22/h4-6,8-9,11,13-14,16-17H,7,10,12H2,1-3H3/t16-,17?/m0/s1. The molecule has 1 amide bonds. The summed E-state index contributed by atoms with van der Waals surface area (Å²) >= 11 is 5.44. The zero-order valence-corrected chi connectivity index (χ0v) is 16.7. The monoisotopic (exact) mass is 387 g/mol. The molecule has 144 valence electrons. The Labute approximate surface area is 165 Å². The summed E-state index contributed by atoms with van der Waals surface area (Å²) in [5.41, 5.74) is 0.430. The van der Waals surface area contributed by atoms with Crippen molar-refractivity contribution in [2.45, 2.75) is 51.4 Å². The highest BCUT2D eigenvalue weighted by atomic mass is 32.1. The Hall–Kier alpha value is -2.41. The Balaban J connectivity index is 1.85. The number of aromatic nitrogens is 2. The Morgan fingerprint density at radius 1 is 1.30 bits per heavy atom. The van der Waals surface area contributed by atoms with E-state index in [4.69, 9.17) is 21.7 Å². The lowest BCUT2D eigenvalue weighted by molar-refractivity contribution is 0.00709. The van der Waals surface area contributed by atoms with Gasteiger partial charge in [0, 0.05) is 18.9 Å². The Kier molecular flexibility index (Phi) is 5.79. The van der Waals surface area contributed by atoms with E-state index in [2.05, 4.69) is 4.98 Å². The second-order valence-corrected chi connectivity index (χ2v) is 7.92. The molecule has 3 rings (SSSR count). The number of hydrogen-bond acceptors (Lipinski definition) is 5. The van der Waals surface area contributed by atoms with Crippen LogP contribution in [0.15, 0.2) is 49.1 Å². The Morgan fingerprint density at radius 2 is 2.04 bits per heavy atom. The topological polar surface area (TPSA) is 56.6 Å². The van der Waals surface area contributed by atoms with E-state index in [1.165, 1.54) is 0 Å². The Bertz CT molecular complexity index is 772. The minimum atomic E-state index is -0.542. The van der Waals surface area contributed by atoms with Gasteiger partial charge in [0.15, 0.2) is 0 Å². The highest BCUT2D eigenvalue weighted by molar-refractivity contribution is 7.80. The summed E-state index contributed by atoms with van der Waals surface area (Å²) in [5, 5.41) is 0.303. The normalized spacial score (nSPS) is 18.2. The van der Waals surface area contributed by atoms with Crippen LogP contribution in [0.2, 0.25) is 0 Å². The number of likely N-dealkylation sites (tertiary alicyclic amines) is 1. The molecule has 0 spiro atoms. The summed E-state index contributed by atoms with van der Waals surface area (Å²) < 4.78 is 13.4. The minimum absolute atomic E-state index is 0.149. The maximum Gasteiger partial charge on any atom is 0.410 e. The molecule has 2 aromatic rings. The van der Waals surface area contributed by atoms with Crippen molar-refractivity contribution in [3.8, 4) is 0 Å². The van der Waals surface area contributed by atoms with Crippen molar-refractivity contribution in [1.29, 1.82) is 0 Å². The number of amides is 1. The lowest BCUT2D eigenvalue weighted by Gasteiger charge is -2.33. The highest BCUT2D eigenvalue weighted by Crippen LogP contribution is 2.33. The molecule has 0 radical (unpaired) electrons. The van der Waals surface area contributed by atoms with Gasteiger partial charge in [-0.25, -0.2) is 9.78 Å². The van der Waals surface area contributed by atoms with Crippen molar-refractivity contribution in [2.75, 3.05) is 6.54 Å². The zero-order chi connectivity index (χ0) is 19.4. The van der Waals surface area contributed by atoms with E-state index in [-0.39, 0.29) is 18.2 Å². The minimum Gasteiger partial charge on any atom is -0.460 e. The van der Waals surface area contributed by atoms with Gasteiger partial charge in [-0.05, 0) is 51.4 Å². The van der Waals surface area contributed by atoms with Crippen LogP contribution in [0.3, 0.4) is 0 Å². The fourth-order valence-corrected chi connectivity index (χ4v) is 3.41. The average molecular weight is 388 g/mol. The number of nitrogens with zero attached hydrogens (tertiary/aromatic N) is 3. The average Bonchev–Trinajstić information content (AvgIpc) is 3.30. The molecule has 1 aromatic heterocycles. The SMILES string of the molecule is CC(C)(C)OC(=O)N1CCC[C@H]1C(OC(=S)n1ccnc1)c1ccccc1. The van der Waals surface area contributed by atoms with Crippen molar-refractivity contribution in [1.82, 2.24) is 14.5 Å².